The first kappa shape index (κ1) is 28.4. The number of rotatable bonds is 8. The Bertz CT molecular complexity index is 1360. The molecule has 2 aromatic heterocycles. The first-order chi connectivity index (χ1) is 18.7. The summed E-state index contributed by atoms with van der Waals surface area (Å²) in [5.74, 6) is 0.726. The van der Waals surface area contributed by atoms with Gasteiger partial charge in [-0.25, -0.2) is 14.3 Å². The van der Waals surface area contributed by atoms with Crippen LogP contribution < -0.4 is 4.90 Å². The molecule has 0 unspecified atom stereocenters. The number of esters is 1. The van der Waals surface area contributed by atoms with Crippen LogP contribution in [0.1, 0.15) is 62.7 Å². The van der Waals surface area contributed by atoms with Crippen LogP contribution in [0.2, 0.25) is 0 Å². The Morgan fingerprint density at radius 3 is 2.41 bits per heavy atom. The number of benzene rings is 1. The number of fused-ring (bicyclic) bond motifs is 1. The van der Waals surface area contributed by atoms with Crippen molar-refractivity contribution in [3.8, 4) is 11.1 Å². The number of aliphatic imine (C=N–C) groups is 1. The van der Waals surface area contributed by atoms with Crippen LogP contribution >= 0.6 is 0 Å². The van der Waals surface area contributed by atoms with Gasteiger partial charge in [0.05, 0.1) is 43.7 Å². The SMILES string of the molecule is C=C(N=C(OC)c1c(C(=O)OCC)c2c(-c3ccccc3)cc(N3CCOCC3)nn2c1CCC)C(C)(C)C. The second-order valence-electron chi connectivity index (χ2n) is 10.6. The number of morpholine rings is 1. The number of nitrogens with zero attached hydrogens (tertiary/aromatic N) is 4. The maximum absolute atomic E-state index is 13.7. The lowest BCUT2D eigenvalue weighted by molar-refractivity contribution is 0.0528. The van der Waals surface area contributed by atoms with Gasteiger partial charge >= 0.3 is 5.97 Å². The van der Waals surface area contributed by atoms with Gasteiger partial charge in [-0.3, -0.25) is 0 Å². The number of hydrogen-bond acceptors (Lipinski definition) is 7. The fourth-order valence-electron chi connectivity index (χ4n) is 4.68. The Morgan fingerprint density at radius 2 is 1.82 bits per heavy atom. The number of ether oxygens (including phenoxy) is 3. The first-order valence-corrected chi connectivity index (χ1v) is 13.7. The van der Waals surface area contributed by atoms with E-state index in [-0.39, 0.29) is 12.0 Å². The molecule has 1 saturated heterocycles. The minimum atomic E-state index is -0.434. The van der Waals surface area contributed by atoms with Gasteiger partial charge in [0.25, 0.3) is 0 Å². The molecule has 0 aliphatic carbocycles. The van der Waals surface area contributed by atoms with Crippen LogP contribution in [0.25, 0.3) is 16.6 Å². The van der Waals surface area contributed by atoms with Gasteiger partial charge in [0, 0.05) is 29.8 Å². The van der Waals surface area contributed by atoms with Crippen molar-refractivity contribution in [1.82, 2.24) is 9.61 Å². The Hall–Kier alpha value is -3.65. The van der Waals surface area contributed by atoms with Gasteiger partial charge in [0.15, 0.2) is 0 Å². The zero-order valence-electron chi connectivity index (χ0n) is 24.0. The number of allylic oxidation sites excluding steroid dienone is 1. The predicted octanol–water partition coefficient (Wildman–Crippen LogP) is 5.92. The average molecular weight is 533 g/mol. The van der Waals surface area contributed by atoms with E-state index >= 15 is 0 Å². The van der Waals surface area contributed by atoms with Gasteiger partial charge in [-0.15, -0.1) is 5.10 Å². The molecule has 208 valence electrons. The highest BCUT2D eigenvalue weighted by Gasteiger charge is 2.32. The number of aromatic nitrogens is 2. The molecule has 0 radical (unpaired) electrons. The largest absolute Gasteiger partial charge is 0.480 e. The fraction of sp³-hybridized carbons (Fsp3) is 0.452. The number of aryl methyl sites for hydroxylation is 1. The zero-order valence-corrected chi connectivity index (χ0v) is 24.0. The van der Waals surface area contributed by atoms with Crippen molar-refractivity contribution in [2.75, 3.05) is 44.9 Å². The molecule has 3 aromatic rings. The summed E-state index contributed by atoms with van der Waals surface area (Å²) in [7, 11) is 1.58. The monoisotopic (exact) mass is 532 g/mol. The van der Waals surface area contributed by atoms with Gasteiger partial charge in [0.2, 0.25) is 5.90 Å². The van der Waals surface area contributed by atoms with Crippen molar-refractivity contribution in [1.29, 1.82) is 0 Å². The van der Waals surface area contributed by atoms with Crippen LogP contribution in [0, 0.1) is 5.41 Å². The second kappa shape index (κ2) is 12.0. The normalized spacial score (nSPS) is 14.5. The molecule has 1 fully saturated rings. The third kappa shape index (κ3) is 5.86. The highest BCUT2D eigenvalue weighted by molar-refractivity contribution is 6.13. The smallest absolute Gasteiger partial charge is 0.341 e. The number of hydrogen-bond donors (Lipinski definition) is 0. The second-order valence-corrected chi connectivity index (χ2v) is 10.6. The van der Waals surface area contributed by atoms with Crippen LogP contribution in [0.15, 0.2) is 53.7 Å². The minimum Gasteiger partial charge on any atom is -0.480 e. The minimum absolute atomic E-state index is 0.243. The third-order valence-corrected chi connectivity index (χ3v) is 6.87. The lowest BCUT2D eigenvalue weighted by Crippen LogP contribution is -2.37. The molecule has 8 heteroatoms. The summed E-state index contributed by atoms with van der Waals surface area (Å²) in [6.45, 7) is 17.3. The molecule has 0 spiro atoms. The van der Waals surface area contributed by atoms with Crippen molar-refractivity contribution in [2.45, 2.75) is 47.5 Å². The highest BCUT2D eigenvalue weighted by Crippen LogP contribution is 2.37. The molecule has 1 aliphatic rings. The molecule has 1 aromatic carbocycles. The molecule has 0 saturated carbocycles. The molecule has 0 bridgehead atoms. The Morgan fingerprint density at radius 1 is 1.13 bits per heavy atom. The fourth-order valence-corrected chi connectivity index (χ4v) is 4.68. The van der Waals surface area contributed by atoms with Crippen molar-refractivity contribution in [2.24, 2.45) is 10.4 Å². The molecule has 3 heterocycles. The summed E-state index contributed by atoms with van der Waals surface area (Å²) in [4.78, 5) is 20.8. The molecule has 8 nitrogen and oxygen atoms in total. The number of carbonyl (C=O) groups is 1. The molecular formula is C31H40N4O4. The maximum atomic E-state index is 13.7. The Balaban J connectivity index is 2.14. The van der Waals surface area contributed by atoms with Gasteiger partial charge in [-0.1, -0.05) is 71.0 Å². The number of carbonyl (C=O) groups excluding carboxylic acids is 1. The van der Waals surface area contributed by atoms with E-state index in [2.05, 4.69) is 24.5 Å². The van der Waals surface area contributed by atoms with Crippen LogP contribution in [0.4, 0.5) is 5.82 Å². The summed E-state index contributed by atoms with van der Waals surface area (Å²) >= 11 is 0. The zero-order chi connectivity index (χ0) is 28.2. The Labute approximate surface area is 231 Å². The topological polar surface area (TPSA) is 77.7 Å². The molecule has 4 rings (SSSR count). The number of methoxy groups -OCH3 is 1. The standard InChI is InChI=1S/C31H40N4O4/c1-8-13-24-26(29(37-7)32-21(3)31(4,5)6)27(30(36)39-9-2)28-23(22-14-11-10-12-15-22)20-25(33-35(24)28)34-16-18-38-19-17-34/h10-12,14-15,20H,3,8-9,13,16-19H2,1-2,4-7H3. The molecule has 0 atom stereocenters. The summed E-state index contributed by atoms with van der Waals surface area (Å²) < 4.78 is 19.0. The van der Waals surface area contributed by atoms with Crippen molar-refractivity contribution < 1.29 is 19.0 Å². The van der Waals surface area contributed by atoms with Gasteiger partial charge < -0.3 is 19.1 Å². The van der Waals surface area contributed by atoms with Crippen molar-refractivity contribution in [3.63, 3.8) is 0 Å². The average Bonchev–Trinajstić information content (AvgIpc) is 3.25. The lowest BCUT2D eigenvalue weighted by atomic mass is 9.93. The van der Waals surface area contributed by atoms with Crippen LogP contribution in [0.3, 0.4) is 0 Å². The van der Waals surface area contributed by atoms with E-state index in [1.54, 1.807) is 7.11 Å². The summed E-state index contributed by atoms with van der Waals surface area (Å²) in [5.41, 5.74) is 4.78. The Kier molecular flexibility index (Phi) is 8.75. The van der Waals surface area contributed by atoms with Gasteiger partial charge in [0.1, 0.15) is 11.4 Å². The summed E-state index contributed by atoms with van der Waals surface area (Å²) in [6, 6.07) is 12.1. The van der Waals surface area contributed by atoms with E-state index in [1.165, 1.54) is 0 Å². The maximum Gasteiger partial charge on any atom is 0.341 e. The number of anilines is 1. The van der Waals surface area contributed by atoms with Crippen LogP contribution in [0.5, 0.6) is 0 Å². The van der Waals surface area contributed by atoms with E-state index in [4.69, 9.17) is 24.3 Å². The third-order valence-electron chi connectivity index (χ3n) is 6.87. The summed E-state index contributed by atoms with van der Waals surface area (Å²) in [5, 5.41) is 5.12. The molecule has 39 heavy (non-hydrogen) atoms. The quantitative estimate of drug-likeness (QED) is 0.204. The van der Waals surface area contributed by atoms with Crippen LogP contribution in [-0.2, 0) is 20.6 Å². The lowest BCUT2D eigenvalue weighted by Gasteiger charge is -2.28. The van der Waals surface area contributed by atoms with Gasteiger partial charge in [-0.2, -0.15) is 0 Å². The molecular weight excluding hydrogens is 492 g/mol. The highest BCUT2D eigenvalue weighted by atomic mass is 16.5. The summed E-state index contributed by atoms with van der Waals surface area (Å²) in [6.07, 6.45) is 1.50. The van der Waals surface area contributed by atoms with Crippen LogP contribution in [-0.4, -0.2) is 61.5 Å². The van der Waals surface area contributed by atoms with Crippen molar-refractivity contribution >= 4 is 23.2 Å². The molecule has 0 amide bonds. The van der Waals surface area contributed by atoms with E-state index in [1.807, 2.05) is 62.5 Å². The molecule has 1 aliphatic heterocycles. The van der Waals surface area contributed by atoms with Crippen molar-refractivity contribution in [3.05, 3.63) is 65.5 Å². The van der Waals surface area contributed by atoms with Gasteiger partial charge in [-0.05, 0) is 25.0 Å². The van der Waals surface area contributed by atoms with E-state index in [0.29, 0.717) is 47.9 Å². The van der Waals surface area contributed by atoms with E-state index in [0.717, 1.165) is 42.1 Å². The van der Waals surface area contributed by atoms with E-state index in [9.17, 15) is 4.79 Å². The predicted molar refractivity (Wildman–Crippen MR) is 156 cm³/mol. The van der Waals surface area contributed by atoms with E-state index < -0.39 is 5.97 Å². The first-order valence-electron chi connectivity index (χ1n) is 13.7. The molecule has 0 N–H and O–H groups in total.